The van der Waals surface area contributed by atoms with E-state index in [1.807, 2.05) is 32.0 Å². The van der Waals surface area contributed by atoms with Crippen LogP contribution < -0.4 is 30.3 Å². The van der Waals surface area contributed by atoms with Crippen LogP contribution in [0.15, 0.2) is 72.4 Å². The molecule has 0 fully saturated rings. The Bertz CT molecular complexity index is 1440. The molecule has 3 aromatic rings. The second kappa shape index (κ2) is 15.1. The van der Waals surface area contributed by atoms with E-state index >= 15 is 0 Å². The van der Waals surface area contributed by atoms with Gasteiger partial charge in [0.25, 0.3) is 5.91 Å². The number of carbonyl (C=O) groups excluding carboxylic acids is 3. The number of hydrazone groups is 1. The number of carbonyl (C=O) groups is 3. The molecule has 3 N–H and O–H groups in total. The number of anilines is 2. The molecule has 41 heavy (non-hydrogen) atoms. The number of nitrogens with one attached hydrogen (secondary N) is 3. The van der Waals surface area contributed by atoms with E-state index in [-0.39, 0.29) is 29.0 Å². The van der Waals surface area contributed by atoms with E-state index < -0.39 is 11.8 Å². The summed E-state index contributed by atoms with van der Waals surface area (Å²) in [6, 6.07) is 15.3. The van der Waals surface area contributed by atoms with E-state index in [1.165, 1.54) is 12.3 Å². The van der Waals surface area contributed by atoms with E-state index in [9.17, 15) is 14.4 Å². The molecule has 3 aromatic carbocycles. The van der Waals surface area contributed by atoms with Gasteiger partial charge in [0, 0.05) is 11.4 Å². The largest absolute Gasteiger partial charge is 0.490 e. The Morgan fingerprint density at radius 3 is 2.39 bits per heavy atom. The zero-order chi connectivity index (χ0) is 29.8. The Labute approximate surface area is 243 Å². The van der Waals surface area contributed by atoms with Gasteiger partial charge >= 0.3 is 11.8 Å². The van der Waals surface area contributed by atoms with Crippen molar-refractivity contribution in [3.63, 3.8) is 0 Å². The van der Waals surface area contributed by atoms with E-state index in [0.717, 1.165) is 11.1 Å². The van der Waals surface area contributed by atoms with Crippen molar-refractivity contribution in [2.75, 3.05) is 30.5 Å². The summed E-state index contributed by atoms with van der Waals surface area (Å²) in [6.45, 7) is 9.60. The van der Waals surface area contributed by atoms with Gasteiger partial charge in [0.1, 0.15) is 12.4 Å². The SMILES string of the molecule is C=CCOc1ccc(NC(=O)C(=O)N/N=C\c2cc(Cl)c(OCC(=O)Nc3ccc(C)cc3C)c(OCC)c2)cc1. The van der Waals surface area contributed by atoms with Gasteiger partial charge in [0.05, 0.1) is 17.8 Å². The normalized spacial score (nSPS) is 10.5. The summed E-state index contributed by atoms with van der Waals surface area (Å²) in [7, 11) is 0. The molecule has 0 bridgehead atoms. The fourth-order valence-electron chi connectivity index (χ4n) is 3.54. The number of aryl methyl sites for hydroxylation is 2. The van der Waals surface area contributed by atoms with E-state index in [0.29, 0.717) is 35.9 Å². The Hall–Kier alpha value is -4.83. The molecule has 0 spiro atoms. The number of ether oxygens (including phenoxy) is 3. The van der Waals surface area contributed by atoms with Crippen LogP contribution in [-0.4, -0.2) is 43.8 Å². The van der Waals surface area contributed by atoms with Gasteiger partial charge in [-0.05, 0) is 74.4 Å². The van der Waals surface area contributed by atoms with E-state index in [4.69, 9.17) is 25.8 Å². The van der Waals surface area contributed by atoms with Gasteiger partial charge in [-0.15, -0.1) is 0 Å². The maximum atomic E-state index is 12.5. The van der Waals surface area contributed by atoms with Crippen molar-refractivity contribution in [3.8, 4) is 17.2 Å². The molecule has 0 aliphatic rings. The third-order valence-electron chi connectivity index (χ3n) is 5.40. The van der Waals surface area contributed by atoms with Crippen molar-refractivity contribution in [2.45, 2.75) is 20.8 Å². The maximum absolute atomic E-state index is 12.5. The summed E-state index contributed by atoms with van der Waals surface area (Å²) in [5.74, 6) is -1.17. The molecule has 0 aliphatic heterocycles. The van der Waals surface area contributed by atoms with Crippen molar-refractivity contribution in [3.05, 3.63) is 89.0 Å². The first-order valence-electron chi connectivity index (χ1n) is 12.6. The standard InChI is InChI=1S/C30H31ClN4O6/c1-5-13-40-23-10-8-22(9-11-23)33-29(37)30(38)35-32-17-21-15-24(31)28(26(16-21)39-6-2)41-18-27(36)34-25-12-7-19(3)14-20(25)4/h5,7-12,14-17H,1,6,13,18H2,2-4H3,(H,33,37)(H,34,36)(H,35,38)/b32-17-. The molecule has 0 radical (unpaired) electrons. The van der Waals surface area contributed by atoms with Crippen LogP contribution in [0.3, 0.4) is 0 Å². The van der Waals surface area contributed by atoms with Crippen LogP contribution in [0.5, 0.6) is 17.2 Å². The average Bonchev–Trinajstić information content (AvgIpc) is 2.94. The van der Waals surface area contributed by atoms with Crippen LogP contribution in [-0.2, 0) is 14.4 Å². The summed E-state index contributed by atoms with van der Waals surface area (Å²) in [6.07, 6.45) is 2.91. The van der Waals surface area contributed by atoms with Gasteiger partial charge in [-0.1, -0.05) is 42.0 Å². The van der Waals surface area contributed by atoms with Gasteiger partial charge in [-0.3, -0.25) is 14.4 Å². The van der Waals surface area contributed by atoms with Crippen LogP contribution in [0.1, 0.15) is 23.6 Å². The second-order valence-corrected chi connectivity index (χ2v) is 9.10. The number of rotatable bonds is 12. The molecular formula is C30H31ClN4O6. The van der Waals surface area contributed by atoms with Gasteiger partial charge in [-0.2, -0.15) is 5.10 Å². The Morgan fingerprint density at radius 2 is 1.71 bits per heavy atom. The van der Waals surface area contributed by atoms with Gasteiger partial charge in [-0.25, -0.2) is 5.43 Å². The maximum Gasteiger partial charge on any atom is 0.329 e. The quantitative estimate of drug-likeness (QED) is 0.120. The topological polar surface area (TPSA) is 127 Å². The number of nitrogens with zero attached hydrogens (tertiary/aromatic N) is 1. The van der Waals surface area contributed by atoms with E-state index in [1.54, 1.807) is 43.3 Å². The third kappa shape index (κ3) is 9.40. The first-order valence-corrected chi connectivity index (χ1v) is 13.0. The lowest BCUT2D eigenvalue weighted by atomic mass is 10.1. The lowest BCUT2D eigenvalue weighted by Crippen LogP contribution is -2.32. The highest BCUT2D eigenvalue weighted by atomic mass is 35.5. The minimum Gasteiger partial charge on any atom is -0.490 e. The highest BCUT2D eigenvalue weighted by molar-refractivity contribution is 6.39. The lowest BCUT2D eigenvalue weighted by molar-refractivity contribution is -0.136. The Balaban J connectivity index is 1.58. The highest BCUT2D eigenvalue weighted by Crippen LogP contribution is 2.36. The molecule has 3 amide bonds. The smallest absolute Gasteiger partial charge is 0.329 e. The molecular weight excluding hydrogens is 548 g/mol. The van der Waals surface area contributed by atoms with E-state index in [2.05, 4.69) is 27.7 Å². The second-order valence-electron chi connectivity index (χ2n) is 8.70. The monoisotopic (exact) mass is 578 g/mol. The molecule has 0 unspecified atom stereocenters. The van der Waals surface area contributed by atoms with Crippen LogP contribution in [0.2, 0.25) is 5.02 Å². The molecule has 0 saturated carbocycles. The van der Waals surface area contributed by atoms with Gasteiger partial charge in [0.2, 0.25) is 0 Å². The first-order chi connectivity index (χ1) is 19.7. The fourth-order valence-corrected chi connectivity index (χ4v) is 3.81. The van der Waals surface area contributed by atoms with Crippen LogP contribution in [0.25, 0.3) is 0 Å². The van der Waals surface area contributed by atoms with Crippen molar-refractivity contribution in [1.29, 1.82) is 0 Å². The molecule has 0 atom stereocenters. The van der Waals surface area contributed by atoms with Gasteiger partial charge in [0.15, 0.2) is 18.1 Å². The average molecular weight is 579 g/mol. The summed E-state index contributed by atoms with van der Waals surface area (Å²) >= 11 is 6.41. The van der Waals surface area contributed by atoms with Crippen LogP contribution in [0, 0.1) is 13.8 Å². The number of amides is 3. The molecule has 3 rings (SSSR count). The van der Waals surface area contributed by atoms with Crippen LogP contribution in [0.4, 0.5) is 11.4 Å². The summed E-state index contributed by atoms with van der Waals surface area (Å²) in [5, 5.41) is 9.27. The Morgan fingerprint density at radius 1 is 0.951 bits per heavy atom. The number of benzene rings is 3. The molecule has 11 heteroatoms. The molecule has 0 aliphatic carbocycles. The van der Waals surface area contributed by atoms with Gasteiger partial charge < -0.3 is 24.8 Å². The fraction of sp³-hybridized carbons (Fsp3) is 0.200. The molecule has 0 aromatic heterocycles. The zero-order valence-electron chi connectivity index (χ0n) is 23.0. The lowest BCUT2D eigenvalue weighted by Gasteiger charge is -2.15. The third-order valence-corrected chi connectivity index (χ3v) is 5.68. The van der Waals surface area contributed by atoms with Crippen LogP contribution >= 0.6 is 11.6 Å². The molecule has 214 valence electrons. The first kappa shape index (κ1) is 30.7. The number of hydrogen-bond donors (Lipinski definition) is 3. The molecule has 0 saturated heterocycles. The Kier molecular flexibility index (Phi) is 11.3. The van der Waals surface area contributed by atoms with Crippen molar-refractivity contribution >= 4 is 46.9 Å². The van der Waals surface area contributed by atoms with Crippen molar-refractivity contribution < 1.29 is 28.6 Å². The minimum absolute atomic E-state index is 0.168. The van der Waals surface area contributed by atoms with Crippen molar-refractivity contribution in [1.82, 2.24) is 5.43 Å². The zero-order valence-corrected chi connectivity index (χ0v) is 23.7. The number of hydrogen-bond acceptors (Lipinski definition) is 7. The predicted molar refractivity (Wildman–Crippen MR) is 159 cm³/mol. The summed E-state index contributed by atoms with van der Waals surface area (Å²) < 4.78 is 16.7. The highest BCUT2D eigenvalue weighted by Gasteiger charge is 2.16. The summed E-state index contributed by atoms with van der Waals surface area (Å²) in [5.41, 5.74) is 5.74. The minimum atomic E-state index is -0.973. The summed E-state index contributed by atoms with van der Waals surface area (Å²) in [4.78, 5) is 36.8. The number of halogens is 1. The predicted octanol–water partition coefficient (Wildman–Crippen LogP) is 5.03. The molecule has 0 heterocycles. The molecule has 10 nitrogen and oxygen atoms in total. The van der Waals surface area contributed by atoms with Crippen molar-refractivity contribution in [2.24, 2.45) is 5.10 Å².